The number of aromatic nitrogens is 5. The zero-order chi connectivity index (χ0) is 20.3. The van der Waals surface area contributed by atoms with Gasteiger partial charge in [-0.1, -0.05) is 5.16 Å². The second-order valence-corrected chi connectivity index (χ2v) is 7.90. The van der Waals surface area contributed by atoms with Crippen molar-refractivity contribution in [2.75, 3.05) is 11.9 Å². The van der Waals surface area contributed by atoms with Gasteiger partial charge in [-0.05, 0) is 38.0 Å². The molecule has 3 aromatic heterocycles. The second kappa shape index (κ2) is 8.31. The standard InChI is InChI=1S/C22H27N7O/c1-16-3-4-18-19(26-16)5-6-20-22(18)27-21(8-13-28-12-2-9-24-28)29(20)14-11-23-15-17-7-10-25-30-17/h2,5-7,9-10,12,16,23,26H,3-4,8,11,13-15H2,1H3/t16-/m0/s1. The molecular weight excluding hydrogens is 378 g/mol. The van der Waals surface area contributed by atoms with Crippen LogP contribution in [0.4, 0.5) is 5.69 Å². The van der Waals surface area contributed by atoms with Crippen molar-refractivity contribution < 1.29 is 4.52 Å². The predicted octanol–water partition coefficient (Wildman–Crippen LogP) is 3.00. The number of nitrogens with one attached hydrogen (secondary N) is 2. The van der Waals surface area contributed by atoms with Crippen LogP contribution in [0, 0.1) is 0 Å². The van der Waals surface area contributed by atoms with Crippen molar-refractivity contribution in [1.29, 1.82) is 0 Å². The van der Waals surface area contributed by atoms with Crippen LogP contribution in [0.25, 0.3) is 11.0 Å². The van der Waals surface area contributed by atoms with E-state index in [1.165, 1.54) is 16.8 Å². The first-order valence-corrected chi connectivity index (χ1v) is 10.6. The van der Waals surface area contributed by atoms with Crippen LogP contribution >= 0.6 is 0 Å². The first-order valence-electron chi connectivity index (χ1n) is 10.6. The maximum Gasteiger partial charge on any atom is 0.150 e. The van der Waals surface area contributed by atoms with E-state index in [2.05, 4.69) is 44.5 Å². The Morgan fingerprint density at radius 2 is 2.20 bits per heavy atom. The monoisotopic (exact) mass is 405 g/mol. The number of anilines is 1. The van der Waals surface area contributed by atoms with E-state index in [1.54, 1.807) is 6.20 Å². The van der Waals surface area contributed by atoms with Crippen molar-refractivity contribution in [3.8, 4) is 0 Å². The van der Waals surface area contributed by atoms with E-state index in [9.17, 15) is 0 Å². The van der Waals surface area contributed by atoms with E-state index in [0.29, 0.717) is 12.6 Å². The molecule has 1 aliphatic rings. The Morgan fingerprint density at radius 3 is 3.03 bits per heavy atom. The maximum atomic E-state index is 5.17. The van der Waals surface area contributed by atoms with Crippen LogP contribution in [-0.4, -0.2) is 37.1 Å². The van der Waals surface area contributed by atoms with Gasteiger partial charge < -0.3 is 19.7 Å². The van der Waals surface area contributed by atoms with Crippen LogP contribution in [0.2, 0.25) is 0 Å². The molecule has 8 nitrogen and oxygen atoms in total. The number of benzene rings is 1. The molecule has 1 atom stereocenters. The SMILES string of the molecule is C[C@H]1CCc2c(ccc3c2nc(CCn2cccn2)n3CCNCc2ccno2)N1. The Labute approximate surface area is 175 Å². The minimum absolute atomic E-state index is 0.511. The summed E-state index contributed by atoms with van der Waals surface area (Å²) in [5.74, 6) is 1.95. The van der Waals surface area contributed by atoms with Gasteiger partial charge in [-0.15, -0.1) is 0 Å². The van der Waals surface area contributed by atoms with Crippen molar-refractivity contribution in [3.63, 3.8) is 0 Å². The zero-order valence-corrected chi connectivity index (χ0v) is 17.2. The quantitative estimate of drug-likeness (QED) is 0.438. The van der Waals surface area contributed by atoms with Crippen LogP contribution < -0.4 is 10.6 Å². The Kier molecular flexibility index (Phi) is 5.23. The summed E-state index contributed by atoms with van der Waals surface area (Å²) in [5, 5.41) is 15.1. The summed E-state index contributed by atoms with van der Waals surface area (Å²) in [6.07, 6.45) is 8.54. The van der Waals surface area contributed by atoms with Crippen molar-refractivity contribution >= 4 is 16.7 Å². The maximum absolute atomic E-state index is 5.17. The third-order valence-electron chi connectivity index (χ3n) is 5.76. The molecule has 30 heavy (non-hydrogen) atoms. The highest BCUT2D eigenvalue weighted by molar-refractivity contribution is 5.86. The fourth-order valence-corrected chi connectivity index (χ4v) is 4.21. The molecule has 4 heterocycles. The van der Waals surface area contributed by atoms with Gasteiger partial charge in [0.25, 0.3) is 0 Å². The molecule has 0 spiro atoms. The summed E-state index contributed by atoms with van der Waals surface area (Å²) >= 11 is 0. The van der Waals surface area contributed by atoms with Gasteiger partial charge >= 0.3 is 0 Å². The molecule has 1 aliphatic heterocycles. The smallest absolute Gasteiger partial charge is 0.150 e. The highest BCUT2D eigenvalue weighted by Crippen LogP contribution is 2.32. The number of hydrogen-bond acceptors (Lipinski definition) is 6. The van der Waals surface area contributed by atoms with Crippen molar-refractivity contribution in [3.05, 3.63) is 60.0 Å². The molecule has 0 unspecified atom stereocenters. The molecule has 2 N–H and O–H groups in total. The Balaban J connectivity index is 1.40. The number of fused-ring (bicyclic) bond motifs is 3. The highest BCUT2D eigenvalue weighted by atomic mass is 16.5. The van der Waals surface area contributed by atoms with Crippen LogP contribution in [0.5, 0.6) is 0 Å². The van der Waals surface area contributed by atoms with E-state index >= 15 is 0 Å². The highest BCUT2D eigenvalue weighted by Gasteiger charge is 2.20. The summed E-state index contributed by atoms with van der Waals surface area (Å²) < 4.78 is 9.48. The van der Waals surface area contributed by atoms with Crippen LogP contribution in [0.1, 0.15) is 30.5 Å². The molecule has 0 saturated heterocycles. The molecule has 4 aromatic rings. The van der Waals surface area contributed by atoms with Gasteiger partial charge in [0.1, 0.15) is 11.6 Å². The number of imidazole rings is 1. The molecule has 1 aromatic carbocycles. The Hall–Kier alpha value is -3.13. The van der Waals surface area contributed by atoms with Gasteiger partial charge in [0.05, 0.1) is 23.8 Å². The first-order chi connectivity index (χ1) is 14.8. The van der Waals surface area contributed by atoms with Crippen molar-refractivity contribution in [1.82, 2.24) is 29.8 Å². The van der Waals surface area contributed by atoms with E-state index in [-0.39, 0.29) is 0 Å². The third kappa shape index (κ3) is 3.82. The molecule has 8 heteroatoms. The lowest BCUT2D eigenvalue weighted by Crippen LogP contribution is -2.22. The number of aryl methyl sites for hydroxylation is 3. The molecule has 0 bridgehead atoms. The van der Waals surface area contributed by atoms with E-state index in [1.807, 2.05) is 29.2 Å². The van der Waals surface area contributed by atoms with E-state index in [4.69, 9.17) is 9.51 Å². The van der Waals surface area contributed by atoms with Gasteiger partial charge in [-0.25, -0.2) is 4.98 Å². The molecular formula is C22H27N7O. The van der Waals surface area contributed by atoms with E-state index < -0.39 is 0 Å². The third-order valence-corrected chi connectivity index (χ3v) is 5.76. The molecule has 156 valence electrons. The van der Waals surface area contributed by atoms with Gasteiger partial charge in [-0.3, -0.25) is 4.68 Å². The summed E-state index contributed by atoms with van der Waals surface area (Å²) in [4.78, 5) is 5.10. The minimum Gasteiger partial charge on any atom is -0.382 e. The Morgan fingerprint density at radius 1 is 1.23 bits per heavy atom. The minimum atomic E-state index is 0.511. The van der Waals surface area contributed by atoms with Gasteiger partial charge in [0.2, 0.25) is 0 Å². The molecule has 0 saturated carbocycles. The summed E-state index contributed by atoms with van der Waals surface area (Å²) in [7, 11) is 0. The lowest BCUT2D eigenvalue weighted by molar-refractivity contribution is 0.371. The normalized spacial score (nSPS) is 16.0. The fraction of sp³-hybridized carbons (Fsp3) is 0.409. The number of hydrogen-bond donors (Lipinski definition) is 2. The van der Waals surface area contributed by atoms with Crippen LogP contribution in [0.15, 0.2) is 47.4 Å². The second-order valence-electron chi connectivity index (χ2n) is 7.90. The van der Waals surface area contributed by atoms with Crippen LogP contribution in [0.3, 0.4) is 0 Å². The number of rotatable bonds is 8. The van der Waals surface area contributed by atoms with Gasteiger partial charge in [-0.2, -0.15) is 5.10 Å². The van der Waals surface area contributed by atoms with Crippen molar-refractivity contribution in [2.24, 2.45) is 0 Å². The largest absolute Gasteiger partial charge is 0.382 e. The molecule has 0 radical (unpaired) electrons. The summed E-state index contributed by atoms with van der Waals surface area (Å²) in [6, 6.07) is 8.77. The average Bonchev–Trinajstić information content (AvgIpc) is 3.50. The van der Waals surface area contributed by atoms with E-state index in [0.717, 1.165) is 56.0 Å². The first kappa shape index (κ1) is 18.9. The molecule has 0 aliphatic carbocycles. The lowest BCUT2D eigenvalue weighted by atomic mass is 9.98. The Bertz CT molecular complexity index is 1100. The summed E-state index contributed by atoms with van der Waals surface area (Å²) in [5.41, 5.74) is 4.92. The average molecular weight is 406 g/mol. The van der Waals surface area contributed by atoms with Crippen molar-refractivity contribution in [2.45, 2.75) is 51.9 Å². The molecule has 0 fully saturated rings. The topological polar surface area (TPSA) is 85.7 Å². The molecule has 0 amide bonds. The van der Waals surface area contributed by atoms with Gasteiger partial charge in [0, 0.05) is 61.8 Å². The zero-order valence-electron chi connectivity index (χ0n) is 17.2. The summed E-state index contributed by atoms with van der Waals surface area (Å²) in [6.45, 7) is 5.40. The predicted molar refractivity (Wildman–Crippen MR) is 115 cm³/mol. The number of nitrogens with zero attached hydrogens (tertiary/aromatic N) is 5. The lowest BCUT2D eigenvalue weighted by Gasteiger charge is -2.24. The fourth-order valence-electron chi connectivity index (χ4n) is 4.21. The van der Waals surface area contributed by atoms with Crippen LogP contribution in [-0.2, 0) is 32.5 Å². The molecule has 5 rings (SSSR count). The van der Waals surface area contributed by atoms with Gasteiger partial charge in [0.15, 0.2) is 0 Å².